The Hall–Kier alpha value is -1.83. The number of carbonyl (C=O) groups is 1. The van der Waals surface area contributed by atoms with Gasteiger partial charge in [0.2, 0.25) is 0 Å². The fourth-order valence-electron chi connectivity index (χ4n) is 1.61. The fourth-order valence-corrected chi connectivity index (χ4v) is 1.61. The molecule has 2 aromatic rings. The summed E-state index contributed by atoms with van der Waals surface area (Å²) in [6.07, 6.45) is 0. The standard InChI is InChI=1S/C13H12O2/c1-9-3-4-10-5-6-11(13(14)15-2)8-12(10)7-9/h3-8H,1-2H3. The average molecular weight is 200 g/mol. The Morgan fingerprint density at radius 2 is 1.80 bits per heavy atom. The summed E-state index contributed by atoms with van der Waals surface area (Å²) in [6.45, 7) is 2.03. The Morgan fingerprint density at radius 1 is 1.07 bits per heavy atom. The summed E-state index contributed by atoms with van der Waals surface area (Å²) in [5.41, 5.74) is 1.78. The van der Waals surface area contributed by atoms with E-state index in [0.29, 0.717) is 5.56 Å². The van der Waals surface area contributed by atoms with Gasteiger partial charge in [-0.15, -0.1) is 0 Å². The first-order chi connectivity index (χ1) is 7.20. The Kier molecular flexibility index (Phi) is 2.42. The molecule has 2 heteroatoms. The van der Waals surface area contributed by atoms with Gasteiger partial charge in [0.1, 0.15) is 0 Å². The van der Waals surface area contributed by atoms with E-state index in [9.17, 15) is 4.79 Å². The van der Waals surface area contributed by atoms with Gasteiger partial charge in [-0.25, -0.2) is 4.79 Å². The SMILES string of the molecule is COC(=O)c1ccc2ccc(C)cc2c1. The van der Waals surface area contributed by atoms with Crippen molar-refractivity contribution in [2.45, 2.75) is 6.92 Å². The van der Waals surface area contributed by atoms with Gasteiger partial charge in [-0.05, 0) is 29.8 Å². The minimum atomic E-state index is -0.293. The molecule has 0 aliphatic rings. The molecule has 0 heterocycles. The van der Waals surface area contributed by atoms with E-state index < -0.39 is 0 Å². The minimum absolute atomic E-state index is 0.293. The molecular formula is C13H12O2. The van der Waals surface area contributed by atoms with E-state index in [1.165, 1.54) is 12.7 Å². The van der Waals surface area contributed by atoms with Crippen molar-refractivity contribution in [3.63, 3.8) is 0 Å². The zero-order valence-electron chi connectivity index (χ0n) is 8.78. The summed E-state index contributed by atoms with van der Waals surface area (Å²) in [7, 11) is 1.39. The van der Waals surface area contributed by atoms with Crippen LogP contribution in [-0.4, -0.2) is 13.1 Å². The summed E-state index contributed by atoms with van der Waals surface area (Å²) in [5, 5.41) is 2.20. The summed E-state index contributed by atoms with van der Waals surface area (Å²) in [4.78, 5) is 11.3. The number of esters is 1. The third-order valence-corrected chi connectivity index (χ3v) is 2.42. The Bertz CT molecular complexity index is 515. The largest absolute Gasteiger partial charge is 0.465 e. The van der Waals surface area contributed by atoms with Gasteiger partial charge in [0.05, 0.1) is 12.7 Å². The van der Waals surface area contributed by atoms with Gasteiger partial charge in [0, 0.05) is 0 Å². The minimum Gasteiger partial charge on any atom is -0.465 e. The van der Waals surface area contributed by atoms with Crippen LogP contribution in [0.15, 0.2) is 36.4 Å². The summed E-state index contributed by atoms with van der Waals surface area (Å²) < 4.78 is 4.68. The van der Waals surface area contributed by atoms with Gasteiger partial charge in [-0.2, -0.15) is 0 Å². The maximum atomic E-state index is 11.3. The lowest BCUT2D eigenvalue weighted by atomic mass is 10.0. The molecule has 0 aromatic heterocycles. The number of methoxy groups -OCH3 is 1. The number of hydrogen-bond donors (Lipinski definition) is 0. The molecule has 76 valence electrons. The summed E-state index contributed by atoms with van der Waals surface area (Å²) in [6, 6.07) is 11.7. The first kappa shape index (κ1) is 9.71. The number of aryl methyl sites for hydroxylation is 1. The molecule has 0 spiro atoms. The molecule has 0 N–H and O–H groups in total. The Morgan fingerprint density at radius 3 is 2.53 bits per heavy atom. The second-order valence-corrected chi connectivity index (χ2v) is 3.56. The fraction of sp³-hybridized carbons (Fsp3) is 0.154. The van der Waals surface area contributed by atoms with Gasteiger partial charge < -0.3 is 4.74 Å². The molecule has 0 saturated heterocycles. The van der Waals surface area contributed by atoms with E-state index in [1.54, 1.807) is 6.07 Å². The molecule has 0 atom stereocenters. The van der Waals surface area contributed by atoms with Gasteiger partial charge in [-0.3, -0.25) is 0 Å². The summed E-state index contributed by atoms with van der Waals surface area (Å²) >= 11 is 0. The Labute approximate surface area is 88.5 Å². The average Bonchev–Trinajstić information content (AvgIpc) is 2.27. The molecule has 2 nitrogen and oxygen atoms in total. The molecule has 0 aliphatic carbocycles. The molecule has 0 amide bonds. The van der Waals surface area contributed by atoms with E-state index in [-0.39, 0.29) is 5.97 Å². The number of rotatable bonds is 1. The smallest absolute Gasteiger partial charge is 0.337 e. The number of benzene rings is 2. The van der Waals surface area contributed by atoms with Crippen molar-refractivity contribution >= 4 is 16.7 Å². The van der Waals surface area contributed by atoms with Crippen molar-refractivity contribution < 1.29 is 9.53 Å². The third-order valence-electron chi connectivity index (χ3n) is 2.42. The van der Waals surface area contributed by atoms with E-state index >= 15 is 0 Å². The lowest BCUT2D eigenvalue weighted by molar-refractivity contribution is 0.0601. The molecule has 0 saturated carbocycles. The van der Waals surface area contributed by atoms with Crippen LogP contribution in [0, 0.1) is 6.92 Å². The molecule has 0 radical (unpaired) electrons. The number of fused-ring (bicyclic) bond motifs is 1. The second kappa shape index (κ2) is 3.73. The highest BCUT2D eigenvalue weighted by Crippen LogP contribution is 2.18. The highest BCUT2D eigenvalue weighted by molar-refractivity contribution is 5.95. The number of ether oxygens (including phenoxy) is 1. The first-order valence-corrected chi connectivity index (χ1v) is 4.79. The second-order valence-electron chi connectivity index (χ2n) is 3.56. The van der Waals surface area contributed by atoms with E-state index in [4.69, 9.17) is 0 Å². The van der Waals surface area contributed by atoms with Crippen molar-refractivity contribution in [1.82, 2.24) is 0 Å². The van der Waals surface area contributed by atoms with Crippen molar-refractivity contribution in [3.8, 4) is 0 Å². The van der Waals surface area contributed by atoms with Crippen molar-refractivity contribution in [3.05, 3.63) is 47.5 Å². The monoisotopic (exact) mass is 200 g/mol. The molecule has 15 heavy (non-hydrogen) atoms. The topological polar surface area (TPSA) is 26.3 Å². The Balaban J connectivity index is 2.59. The number of carbonyl (C=O) groups excluding carboxylic acids is 1. The zero-order chi connectivity index (χ0) is 10.8. The number of hydrogen-bond acceptors (Lipinski definition) is 2. The van der Waals surface area contributed by atoms with Crippen LogP contribution >= 0.6 is 0 Å². The predicted molar refractivity (Wildman–Crippen MR) is 60.0 cm³/mol. The first-order valence-electron chi connectivity index (χ1n) is 4.79. The van der Waals surface area contributed by atoms with Gasteiger partial charge >= 0.3 is 5.97 Å². The van der Waals surface area contributed by atoms with Crippen LogP contribution in [-0.2, 0) is 4.74 Å². The van der Waals surface area contributed by atoms with Crippen LogP contribution < -0.4 is 0 Å². The van der Waals surface area contributed by atoms with E-state index in [2.05, 4.69) is 16.9 Å². The van der Waals surface area contributed by atoms with Crippen molar-refractivity contribution in [2.24, 2.45) is 0 Å². The highest BCUT2D eigenvalue weighted by Gasteiger charge is 2.05. The van der Waals surface area contributed by atoms with E-state index in [0.717, 1.165) is 10.8 Å². The van der Waals surface area contributed by atoms with Crippen LogP contribution in [0.5, 0.6) is 0 Å². The third kappa shape index (κ3) is 1.84. The molecule has 0 bridgehead atoms. The van der Waals surface area contributed by atoms with E-state index in [1.807, 2.05) is 25.1 Å². The molecule has 2 aromatic carbocycles. The zero-order valence-corrected chi connectivity index (χ0v) is 8.78. The molecule has 0 unspecified atom stereocenters. The molecule has 0 fully saturated rings. The molecule has 2 rings (SSSR count). The van der Waals surface area contributed by atoms with Gasteiger partial charge in [0.25, 0.3) is 0 Å². The molecule has 0 aliphatic heterocycles. The summed E-state index contributed by atoms with van der Waals surface area (Å²) in [5.74, 6) is -0.293. The molecular weight excluding hydrogens is 188 g/mol. The quantitative estimate of drug-likeness (QED) is 0.661. The predicted octanol–water partition coefficient (Wildman–Crippen LogP) is 2.93. The lowest BCUT2D eigenvalue weighted by Gasteiger charge is -2.02. The van der Waals surface area contributed by atoms with Crippen LogP contribution in [0.4, 0.5) is 0 Å². The van der Waals surface area contributed by atoms with Crippen molar-refractivity contribution in [2.75, 3.05) is 7.11 Å². The normalized spacial score (nSPS) is 10.3. The van der Waals surface area contributed by atoms with Gasteiger partial charge in [0.15, 0.2) is 0 Å². The van der Waals surface area contributed by atoms with Crippen LogP contribution in [0.3, 0.4) is 0 Å². The van der Waals surface area contributed by atoms with Gasteiger partial charge in [-0.1, -0.05) is 29.8 Å². The maximum absolute atomic E-state index is 11.3. The van der Waals surface area contributed by atoms with Crippen molar-refractivity contribution in [1.29, 1.82) is 0 Å². The highest BCUT2D eigenvalue weighted by atomic mass is 16.5. The van der Waals surface area contributed by atoms with Crippen LogP contribution in [0.1, 0.15) is 15.9 Å². The maximum Gasteiger partial charge on any atom is 0.337 e. The van der Waals surface area contributed by atoms with Crippen LogP contribution in [0.2, 0.25) is 0 Å². The van der Waals surface area contributed by atoms with Crippen LogP contribution in [0.25, 0.3) is 10.8 Å². The lowest BCUT2D eigenvalue weighted by Crippen LogP contribution is -2.00.